The second-order valence-electron chi connectivity index (χ2n) is 12.1. The number of hydrogen-bond donors (Lipinski definition) is 2. The van der Waals surface area contributed by atoms with Gasteiger partial charge in [0.25, 0.3) is 11.9 Å². The van der Waals surface area contributed by atoms with E-state index >= 15 is 0 Å². The lowest BCUT2D eigenvalue weighted by Gasteiger charge is -2.34. The molecule has 0 atom stereocenters. The Balaban J connectivity index is 1.09. The molecule has 0 saturated carbocycles. The highest BCUT2D eigenvalue weighted by Crippen LogP contribution is 2.34. The fourth-order valence-electron chi connectivity index (χ4n) is 5.54. The van der Waals surface area contributed by atoms with Gasteiger partial charge in [-0.05, 0) is 75.1 Å². The number of rotatable bonds is 6. The number of methoxy groups -OCH3 is 1. The lowest BCUT2D eigenvalue weighted by molar-refractivity contribution is 0.0624. The highest BCUT2D eigenvalue weighted by Gasteiger charge is 2.27. The van der Waals surface area contributed by atoms with Crippen LogP contribution in [0.5, 0.6) is 5.75 Å². The van der Waals surface area contributed by atoms with Gasteiger partial charge in [-0.1, -0.05) is 6.07 Å². The first-order valence-electron chi connectivity index (χ1n) is 14.9. The van der Waals surface area contributed by atoms with Crippen LogP contribution in [0.3, 0.4) is 0 Å². The Kier molecular flexibility index (Phi) is 8.11. The van der Waals surface area contributed by atoms with E-state index in [1.165, 1.54) is 10.2 Å². The van der Waals surface area contributed by atoms with Gasteiger partial charge in [-0.2, -0.15) is 0 Å². The van der Waals surface area contributed by atoms with E-state index < -0.39 is 11.7 Å². The number of nitrogen functional groups attached to an aromatic ring is 1. The van der Waals surface area contributed by atoms with Crippen molar-refractivity contribution in [3.8, 4) is 23.0 Å². The van der Waals surface area contributed by atoms with Gasteiger partial charge in [-0.15, -0.1) is 5.10 Å². The van der Waals surface area contributed by atoms with Crippen LogP contribution in [-0.2, 0) is 24.1 Å². The normalized spacial score (nSPS) is 14.8. The van der Waals surface area contributed by atoms with E-state index in [4.69, 9.17) is 20.2 Å². The topological polar surface area (TPSA) is 154 Å². The van der Waals surface area contributed by atoms with Crippen LogP contribution in [0.4, 0.5) is 16.4 Å². The molecule has 1 aliphatic heterocycles. The summed E-state index contributed by atoms with van der Waals surface area (Å²) in [6.45, 7) is 8.36. The molecule has 45 heavy (non-hydrogen) atoms. The Hall–Kier alpha value is -5.04. The minimum Gasteiger partial charge on any atom is -0.497 e. The molecule has 1 fully saturated rings. The summed E-state index contributed by atoms with van der Waals surface area (Å²) in [4.78, 5) is 43.5. The number of benzene rings is 1. The zero-order valence-electron chi connectivity index (χ0n) is 25.9. The van der Waals surface area contributed by atoms with Gasteiger partial charge in [-0.3, -0.25) is 15.0 Å². The minimum atomic E-state index is -0.598. The predicted octanol–water partition coefficient (Wildman–Crippen LogP) is 3.72. The number of carbonyl (C=O) groups is 2. The molecule has 13 nitrogen and oxygen atoms in total. The number of nitrogens with two attached hydrogens (primary N) is 1. The molecule has 3 aromatic heterocycles. The third-order valence-corrected chi connectivity index (χ3v) is 7.74. The molecule has 0 radical (unpaired) electrons. The Bertz CT molecular complexity index is 1740. The third kappa shape index (κ3) is 6.73. The number of ether oxygens (including phenoxy) is 2. The van der Waals surface area contributed by atoms with Crippen molar-refractivity contribution in [2.45, 2.75) is 45.8 Å². The van der Waals surface area contributed by atoms with Gasteiger partial charge in [0.1, 0.15) is 22.7 Å². The summed E-state index contributed by atoms with van der Waals surface area (Å²) >= 11 is 0. The first kappa shape index (κ1) is 30.0. The number of nitrogens with zero attached hydrogens (tertiary/aromatic N) is 7. The van der Waals surface area contributed by atoms with Crippen LogP contribution < -0.4 is 15.8 Å². The number of nitrogens with one attached hydrogen (secondary N) is 1. The molecule has 0 spiro atoms. The van der Waals surface area contributed by atoms with Gasteiger partial charge >= 0.3 is 6.09 Å². The van der Waals surface area contributed by atoms with Crippen LogP contribution >= 0.6 is 0 Å². The average molecular weight is 612 g/mol. The van der Waals surface area contributed by atoms with Crippen LogP contribution in [0, 0.1) is 0 Å². The lowest BCUT2D eigenvalue weighted by atomic mass is 9.90. The number of anilines is 2. The van der Waals surface area contributed by atoms with Crippen LogP contribution in [0.25, 0.3) is 17.2 Å². The van der Waals surface area contributed by atoms with Gasteiger partial charge < -0.3 is 20.1 Å². The average Bonchev–Trinajstić information content (AvgIpc) is 3.41. The highest BCUT2D eigenvalue weighted by atomic mass is 16.6. The Morgan fingerprint density at radius 2 is 1.80 bits per heavy atom. The van der Waals surface area contributed by atoms with Gasteiger partial charge in [0.15, 0.2) is 5.82 Å². The molecule has 234 valence electrons. The van der Waals surface area contributed by atoms with Crippen LogP contribution in [-0.4, -0.2) is 85.4 Å². The molecule has 0 bridgehead atoms. The smallest absolute Gasteiger partial charge is 0.413 e. The van der Waals surface area contributed by atoms with E-state index in [1.807, 2.05) is 57.3 Å². The number of fused-ring (bicyclic) bond motifs is 3. The maximum atomic E-state index is 13.5. The summed E-state index contributed by atoms with van der Waals surface area (Å²) in [5, 5.41) is 7.07. The van der Waals surface area contributed by atoms with Crippen molar-refractivity contribution in [1.82, 2.24) is 34.5 Å². The number of carbonyl (C=O) groups excluding carboxylic acids is 2. The number of aryl methyl sites for hydroxylation is 2. The van der Waals surface area contributed by atoms with E-state index in [0.717, 1.165) is 41.1 Å². The second-order valence-corrected chi connectivity index (χ2v) is 12.1. The molecular weight excluding hydrogens is 574 g/mol. The first-order chi connectivity index (χ1) is 21.6. The Labute approximate surface area is 261 Å². The van der Waals surface area contributed by atoms with Crippen LogP contribution in [0.2, 0.25) is 0 Å². The number of hydrogen-bond acceptors (Lipinski definition) is 10. The minimum absolute atomic E-state index is 0.132. The van der Waals surface area contributed by atoms with Gasteiger partial charge in [-0.25, -0.2) is 24.4 Å². The maximum Gasteiger partial charge on any atom is 0.413 e. The van der Waals surface area contributed by atoms with Crippen molar-refractivity contribution in [2.75, 3.05) is 44.3 Å². The fraction of sp³-hybridized carbons (Fsp3) is 0.375. The molecule has 1 saturated heterocycles. The lowest BCUT2D eigenvalue weighted by Crippen LogP contribution is -2.48. The fourth-order valence-corrected chi connectivity index (χ4v) is 5.54. The van der Waals surface area contributed by atoms with E-state index in [-0.39, 0.29) is 11.7 Å². The largest absolute Gasteiger partial charge is 0.497 e. The van der Waals surface area contributed by atoms with E-state index in [2.05, 4.69) is 25.3 Å². The molecule has 0 unspecified atom stereocenters. The number of aromatic nitrogens is 5. The Morgan fingerprint density at radius 3 is 2.56 bits per heavy atom. The summed E-state index contributed by atoms with van der Waals surface area (Å²) in [6, 6.07) is 11.5. The molecule has 13 heteroatoms. The van der Waals surface area contributed by atoms with Crippen LogP contribution in [0.1, 0.15) is 48.0 Å². The maximum absolute atomic E-state index is 13.5. The predicted molar refractivity (Wildman–Crippen MR) is 168 cm³/mol. The zero-order valence-corrected chi connectivity index (χ0v) is 25.9. The third-order valence-electron chi connectivity index (χ3n) is 7.74. The van der Waals surface area contributed by atoms with Crippen molar-refractivity contribution < 1.29 is 19.1 Å². The SMILES string of the molecule is COc1ccc2c(c1)CCc1cnc(-n3cc(C(=O)N4CCN(Cc5cccc(NC(=O)OC(C)(C)C)n5)CC4)c(N)n3)nc1-2. The number of amides is 2. The summed E-state index contributed by atoms with van der Waals surface area (Å²) in [5.74, 6) is 1.54. The molecule has 2 amide bonds. The highest BCUT2D eigenvalue weighted by molar-refractivity contribution is 5.98. The van der Waals surface area contributed by atoms with Crippen molar-refractivity contribution in [1.29, 1.82) is 0 Å². The zero-order chi connectivity index (χ0) is 31.7. The van der Waals surface area contributed by atoms with Crippen molar-refractivity contribution in [3.05, 3.63) is 71.2 Å². The molecular formula is C32H37N9O4. The second kappa shape index (κ2) is 12.2. The first-order valence-corrected chi connectivity index (χ1v) is 14.9. The summed E-state index contributed by atoms with van der Waals surface area (Å²) in [5.41, 5.74) is 10.9. The molecule has 4 heterocycles. The quantitative estimate of drug-likeness (QED) is 0.330. The van der Waals surface area contributed by atoms with Crippen LogP contribution in [0.15, 0.2) is 48.8 Å². The van der Waals surface area contributed by atoms with E-state index in [9.17, 15) is 9.59 Å². The molecule has 2 aliphatic rings. The monoisotopic (exact) mass is 611 g/mol. The van der Waals surface area contributed by atoms with Gasteiger partial charge in [0, 0.05) is 50.7 Å². The van der Waals surface area contributed by atoms with Crippen molar-refractivity contribution in [3.63, 3.8) is 0 Å². The standard InChI is InChI=1S/C32H37N9O4/c1-32(2,3)45-31(43)36-26-7-5-6-22(35-26)18-39-12-14-40(15-13-39)29(42)25-19-41(38-28(25)33)30-34-17-21-9-8-20-16-23(44-4)10-11-24(20)27(21)37-30/h5-7,10-11,16-17,19H,8-9,12-15,18H2,1-4H3,(H2,33,38)(H,35,36,43). The van der Waals surface area contributed by atoms with Gasteiger partial charge in [0.05, 0.1) is 18.5 Å². The Morgan fingerprint density at radius 1 is 1.02 bits per heavy atom. The summed E-state index contributed by atoms with van der Waals surface area (Å²) < 4.78 is 12.2. The molecule has 1 aromatic carbocycles. The molecule has 1 aliphatic carbocycles. The summed E-state index contributed by atoms with van der Waals surface area (Å²) in [7, 11) is 1.66. The van der Waals surface area contributed by atoms with Gasteiger partial charge in [0.2, 0.25) is 0 Å². The van der Waals surface area contributed by atoms with Crippen molar-refractivity contribution in [2.24, 2.45) is 0 Å². The molecule has 3 N–H and O–H groups in total. The van der Waals surface area contributed by atoms with E-state index in [1.54, 1.807) is 24.3 Å². The molecule has 6 rings (SSSR count). The van der Waals surface area contributed by atoms with E-state index in [0.29, 0.717) is 50.1 Å². The number of piperazine rings is 1. The molecule has 4 aromatic rings. The van der Waals surface area contributed by atoms with Crippen molar-refractivity contribution >= 4 is 23.6 Å². The summed E-state index contributed by atoms with van der Waals surface area (Å²) in [6.07, 6.45) is 4.60. The number of pyridine rings is 1.